The van der Waals surface area contributed by atoms with Gasteiger partial charge >= 0.3 is 0 Å². The first-order chi connectivity index (χ1) is 8.72. The molecular formula is C13H16ClN3O. The number of hydrogen-bond acceptors (Lipinski definition) is 3. The van der Waals surface area contributed by atoms with Gasteiger partial charge in [-0.1, -0.05) is 11.6 Å². The van der Waals surface area contributed by atoms with Gasteiger partial charge in [0.05, 0.1) is 6.67 Å². The Bertz CT molecular complexity index is 454. The van der Waals surface area contributed by atoms with Crippen molar-refractivity contribution in [3.05, 3.63) is 29.3 Å². The van der Waals surface area contributed by atoms with Crippen LogP contribution in [0.15, 0.2) is 24.3 Å². The summed E-state index contributed by atoms with van der Waals surface area (Å²) in [7, 11) is 0. The molecule has 2 fully saturated rings. The fourth-order valence-electron chi connectivity index (χ4n) is 2.89. The smallest absolute Gasteiger partial charge is 0.247 e. The molecule has 2 heterocycles. The maximum atomic E-state index is 12.2. The van der Waals surface area contributed by atoms with Gasteiger partial charge in [0, 0.05) is 10.7 Å². The van der Waals surface area contributed by atoms with Gasteiger partial charge in [-0.05, 0) is 50.2 Å². The molecule has 0 bridgehead atoms. The molecule has 5 heteroatoms. The third-order valence-corrected chi connectivity index (χ3v) is 4.16. The van der Waals surface area contributed by atoms with Crippen LogP contribution in [-0.2, 0) is 4.79 Å². The topological polar surface area (TPSA) is 44.4 Å². The first kappa shape index (κ1) is 11.8. The lowest BCUT2D eigenvalue weighted by atomic mass is 9.86. The zero-order valence-corrected chi connectivity index (χ0v) is 10.8. The van der Waals surface area contributed by atoms with Crippen LogP contribution >= 0.6 is 11.6 Å². The Morgan fingerprint density at radius 1 is 1.17 bits per heavy atom. The van der Waals surface area contributed by atoms with E-state index in [0.29, 0.717) is 6.67 Å². The Balaban J connectivity index is 1.95. The second-order valence-electron chi connectivity index (χ2n) is 4.85. The summed E-state index contributed by atoms with van der Waals surface area (Å²) in [5.74, 6) is 0.152. The van der Waals surface area contributed by atoms with Gasteiger partial charge in [-0.3, -0.25) is 4.79 Å². The molecule has 1 aromatic carbocycles. The van der Waals surface area contributed by atoms with E-state index in [1.54, 1.807) is 0 Å². The van der Waals surface area contributed by atoms with E-state index in [9.17, 15) is 4.79 Å². The van der Waals surface area contributed by atoms with Crippen LogP contribution in [-0.4, -0.2) is 31.2 Å². The minimum atomic E-state index is -0.376. The van der Waals surface area contributed by atoms with Gasteiger partial charge in [0.15, 0.2) is 0 Å². The predicted molar refractivity (Wildman–Crippen MR) is 71.8 cm³/mol. The first-order valence-electron chi connectivity index (χ1n) is 6.25. The lowest BCUT2D eigenvalue weighted by Crippen LogP contribution is -2.55. The normalized spacial score (nSPS) is 22.3. The highest BCUT2D eigenvalue weighted by atomic mass is 35.5. The van der Waals surface area contributed by atoms with E-state index in [1.807, 2.05) is 24.3 Å². The summed E-state index contributed by atoms with van der Waals surface area (Å²) in [6.45, 7) is 2.36. The molecule has 1 amide bonds. The van der Waals surface area contributed by atoms with Gasteiger partial charge < -0.3 is 15.5 Å². The van der Waals surface area contributed by atoms with Crippen molar-refractivity contribution in [3.63, 3.8) is 0 Å². The molecule has 1 spiro atoms. The summed E-state index contributed by atoms with van der Waals surface area (Å²) in [6, 6.07) is 7.70. The van der Waals surface area contributed by atoms with Crippen LogP contribution < -0.4 is 15.5 Å². The monoisotopic (exact) mass is 265 g/mol. The molecule has 0 atom stereocenters. The second-order valence-corrected chi connectivity index (χ2v) is 5.29. The number of hydrogen-bond donors (Lipinski definition) is 2. The van der Waals surface area contributed by atoms with Crippen molar-refractivity contribution < 1.29 is 4.79 Å². The highest BCUT2D eigenvalue weighted by Crippen LogP contribution is 2.34. The summed E-state index contributed by atoms with van der Waals surface area (Å²) in [5, 5.41) is 7.00. The van der Waals surface area contributed by atoms with E-state index in [0.717, 1.165) is 36.6 Å². The van der Waals surface area contributed by atoms with Gasteiger partial charge in [0.25, 0.3) is 0 Å². The van der Waals surface area contributed by atoms with E-state index >= 15 is 0 Å². The van der Waals surface area contributed by atoms with Crippen LogP contribution in [0.5, 0.6) is 0 Å². The van der Waals surface area contributed by atoms with E-state index < -0.39 is 0 Å². The SMILES string of the molecule is O=C1NCN(c2ccc(Cl)cc2)C12CCNCC2. The van der Waals surface area contributed by atoms with Crippen molar-refractivity contribution in [2.45, 2.75) is 18.4 Å². The first-order valence-corrected chi connectivity index (χ1v) is 6.62. The van der Waals surface area contributed by atoms with Crippen molar-refractivity contribution >= 4 is 23.2 Å². The Morgan fingerprint density at radius 2 is 1.83 bits per heavy atom. The zero-order chi connectivity index (χ0) is 12.6. The summed E-state index contributed by atoms with van der Waals surface area (Å²) < 4.78 is 0. The Labute approximate surface area is 111 Å². The molecule has 3 rings (SSSR count). The van der Waals surface area contributed by atoms with Crippen LogP contribution in [0.3, 0.4) is 0 Å². The molecule has 0 radical (unpaired) electrons. The van der Waals surface area contributed by atoms with Gasteiger partial charge in [-0.2, -0.15) is 0 Å². The van der Waals surface area contributed by atoms with Gasteiger partial charge in [-0.15, -0.1) is 0 Å². The number of carbonyl (C=O) groups excluding carboxylic acids is 1. The van der Waals surface area contributed by atoms with Crippen molar-refractivity contribution in [2.75, 3.05) is 24.7 Å². The van der Waals surface area contributed by atoms with Crippen LogP contribution in [0.25, 0.3) is 0 Å². The van der Waals surface area contributed by atoms with Crippen LogP contribution in [0.4, 0.5) is 5.69 Å². The summed E-state index contributed by atoms with van der Waals surface area (Å²) in [4.78, 5) is 14.4. The van der Waals surface area contributed by atoms with Crippen LogP contribution in [0.1, 0.15) is 12.8 Å². The lowest BCUT2D eigenvalue weighted by molar-refractivity contribution is -0.124. The molecule has 0 aliphatic carbocycles. The van der Waals surface area contributed by atoms with Gasteiger partial charge in [-0.25, -0.2) is 0 Å². The number of carbonyl (C=O) groups is 1. The maximum Gasteiger partial charge on any atom is 0.247 e. The third kappa shape index (κ3) is 1.76. The van der Waals surface area contributed by atoms with Crippen LogP contribution in [0.2, 0.25) is 5.02 Å². The lowest BCUT2D eigenvalue weighted by Gasteiger charge is -2.40. The minimum absolute atomic E-state index is 0.152. The third-order valence-electron chi connectivity index (χ3n) is 3.91. The molecule has 96 valence electrons. The number of amides is 1. The van der Waals surface area contributed by atoms with Gasteiger partial charge in [0.1, 0.15) is 5.54 Å². The standard InChI is InChI=1S/C13H16ClN3O/c14-10-1-3-11(4-2-10)17-9-16-12(18)13(17)5-7-15-8-6-13/h1-4,15H,5-9H2,(H,16,18). The number of nitrogens with zero attached hydrogens (tertiary/aromatic N) is 1. The highest BCUT2D eigenvalue weighted by Gasteiger charge is 2.48. The highest BCUT2D eigenvalue weighted by molar-refractivity contribution is 6.30. The largest absolute Gasteiger partial charge is 0.339 e. The fraction of sp³-hybridized carbons (Fsp3) is 0.462. The summed E-state index contributed by atoms with van der Waals surface area (Å²) in [5.41, 5.74) is 0.679. The fourth-order valence-corrected chi connectivity index (χ4v) is 3.01. The van der Waals surface area contributed by atoms with Crippen molar-refractivity contribution in [2.24, 2.45) is 0 Å². The van der Waals surface area contributed by atoms with Crippen molar-refractivity contribution in [3.8, 4) is 0 Å². The molecule has 1 aromatic rings. The van der Waals surface area contributed by atoms with Crippen molar-refractivity contribution in [1.29, 1.82) is 0 Å². The molecule has 18 heavy (non-hydrogen) atoms. The molecule has 4 nitrogen and oxygen atoms in total. The molecular weight excluding hydrogens is 250 g/mol. The number of nitrogens with one attached hydrogen (secondary N) is 2. The Morgan fingerprint density at radius 3 is 2.50 bits per heavy atom. The summed E-state index contributed by atoms with van der Waals surface area (Å²) >= 11 is 5.91. The minimum Gasteiger partial charge on any atom is -0.339 e. The van der Waals surface area contributed by atoms with Gasteiger partial charge in [0.2, 0.25) is 5.91 Å². The number of halogens is 1. The second kappa shape index (κ2) is 4.44. The average Bonchev–Trinajstić information content (AvgIpc) is 2.70. The number of benzene rings is 1. The molecule has 0 saturated carbocycles. The van der Waals surface area contributed by atoms with E-state index in [1.165, 1.54) is 0 Å². The average molecular weight is 266 g/mol. The van der Waals surface area contributed by atoms with Crippen molar-refractivity contribution in [1.82, 2.24) is 10.6 Å². The molecule has 0 aromatic heterocycles. The maximum absolute atomic E-state index is 12.2. The van der Waals surface area contributed by atoms with E-state index in [4.69, 9.17) is 11.6 Å². The molecule has 2 aliphatic heterocycles. The number of piperidine rings is 1. The predicted octanol–water partition coefficient (Wildman–Crippen LogP) is 1.36. The Hall–Kier alpha value is -1.26. The number of rotatable bonds is 1. The Kier molecular flexibility index (Phi) is 2.92. The van der Waals surface area contributed by atoms with Crippen LogP contribution in [0, 0.1) is 0 Å². The molecule has 2 saturated heterocycles. The molecule has 0 unspecified atom stereocenters. The van der Waals surface area contributed by atoms with E-state index in [-0.39, 0.29) is 11.4 Å². The molecule has 2 N–H and O–H groups in total. The van der Waals surface area contributed by atoms with E-state index in [2.05, 4.69) is 15.5 Å². The summed E-state index contributed by atoms with van der Waals surface area (Å²) in [6.07, 6.45) is 1.70. The quantitative estimate of drug-likeness (QED) is 0.806. The zero-order valence-electron chi connectivity index (χ0n) is 10.1. The number of anilines is 1. The molecule has 2 aliphatic rings.